The fraction of sp³-hybridized carbons (Fsp3) is 0.300. The Morgan fingerprint density at radius 3 is 2.64 bits per heavy atom. The minimum absolute atomic E-state index is 0.0428. The molecule has 0 aromatic carbocycles. The van der Waals surface area contributed by atoms with Crippen LogP contribution in [0.4, 0.5) is 23.8 Å². The summed E-state index contributed by atoms with van der Waals surface area (Å²) >= 11 is 0. The van der Waals surface area contributed by atoms with E-state index in [1.807, 2.05) is 5.32 Å². The van der Waals surface area contributed by atoms with Crippen LogP contribution >= 0.6 is 0 Å². The summed E-state index contributed by atoms with van der Waals surface area (Å²) in [6.07, 6.45) is -4.80. The Kier molecular flexibility index (Phi) is 4.10. The number of carbonyl (C=O) groups is 2. The van der Waals surface area contributed by atoms with Gasteiger partial charge in [-0.1, -0.05) is 0 Å². The summed E-state index contributed by atoms with van der Waals surface area (Å²) in [7, 11) is 0. The normalized spacial score (nSPS) is 11.4. The molecule has 0 unspecified atom stereocenters. The van der Waals surface area contributed by atoms with Crippen LogP contribution in [0.1, 0.15) is 12.2 Å². The van der Waals surface area contributed by atoms with Crippen molar-refractivity contribution in [2.45, 2.75) is 12.6 Å². The number of hydrogen-bond donors (Lipinski definition) is 3. The molecule has 2 rings (SSSR count). The zero-order valence-corrected chi connectivity index (χ0v) is 10.9. The molecule has 2 aromatic heterocycles. The largest absolute Gasteiger partial charge is 0.453 e. The quantitative estimate of drug-likeness (QED) is 0.736. The number of fused-ring (bicyclic) bond motifs is 1. The van der Waals surface area contributed by atoms with Gasteiger partial charge >= 0.3 is 12.2 Å². The molecule has 9 nitrogen and oxygen atoms in total. The van der Waals surface area contributed by atoms with Crippen LogP contribution < -0.4 is 16.4 Å². The average molecular weight is 317 g/mol. The molecule has 0 fully saturated rings. The lowest BCUT2D eigenvalue weighted by molar-refractivity contribution is -0.146. The number of anilines is 1. The van der Waals surface area contributed by atoms with Gasteiger partial charge in [-0.25, -0.2) is 4.79 Å². The monoisotopic (exact) mass is 317 g/mol. The molecule has 0 saturated carbocycles. The number of nitrogens with two attached hydrogens (primary N) is 1. The number of carbonyl (C=O) groups excluding carboxylic acids is 2. The van der Waals surface area contributed by atoms with Gasteiger partial charge < -0.3 is 11.1 Å². The first-order valence-corrected chi connectivity index (χ1v) is 5.90. The molecule has 0 spiro atoms. The molecule has 12 heteroatoms. The maximum absolute atomic E-state index is 12.7. The SMILES string of the molecule is NC(=O)NC(=O)CCNc1ccc2nnc(C(F)(F)F)n2n1. The summed E-state index contributed by atoms with van der Waals surface area (Å²) in [5, 5.41) is 14.6. The van der Waals surface area contributed by atoms with E-state index in [0.29, 0.717) is 4.52 Å². The van der Waals surface area contributed by atoms with Crippen LogP contribution in [0.2, 0.25) is 0 Å². The van der Waals surface area contributed by atoms with Crippen LogP contribution in [0.25, 0.3) is 5.65 Å². The molecule has 0 aliphatic heterocycles. The van der Waals surface area contributed by atoms with E-state index in [0.717, 1.165) is 0 Å². The number of imide groups is 1. The Hall–Kier alpha value is -2.92. The van der Waals surface area contributed by atoms with Gasteiger partial charge in [0, 0.05) is 13.0 Å². The summed E-state index contributed by atoms with van der Waals surface area (Å²) in [5.74, 6) is -1.79. The lowest BCUT2D eigenvalue weighted by atomic mass is 10.4. The molecule has 0 bridgehead atoms. The van der Waals surface area contributed by atoms with Crippen molar-refractivity contribution < 1.29 is 22.8 Å². The number of amides is 3. The minimum Gasteiger partial charge on any atom is -0.368 e. The predicted molar refractivity (Wildman–Crippen MR) is 66.6 cm³/mol. The molecule has 4 N–H and O–H groups in total. The third kappa shape index (κ3) is 3.59. The maximum atomic E-state index is 12.7. The van der Waals surface area contributed by atoms with Gasteiger partial charge in [0.15, 0.2) is 5.65 Å². The van der Waals surface area contributed by atoms with Crippen molar-refractivity contribution in [2.75, 3.05) is 11.9 Å². The Balaban J connectivity index is 2.06. The Morgan fingerprint density at radius 1 is 1.27 bits per heavy atom. The van der Waals surface area contributed by atoms with Crippen molar-refractivity contribution in [3.63, 3.8) is 0 Å². The molecule has 0 aliphatic rings. The standard InChI is InChI=1S/C10H10F3N7O2/c11-10(12,13)8-18-17-6-2-1-5(19-20(6)8)15-4-3-7(21)16-9(14)22/h1-2H,3-4H2,(H,15,19)(H3,14,16,21,22). The molecule has 0 radical (unpaired) electrons. The maximum Gasteiger partial charge on any atom is 0.453 e. The van der Waals surface area contributed by atoms with Gasteiger partial charge in [-0.15, -0.1) is 15.3 Å². The van der Waals surface area contributed by atoms with Gasteiger partial charge in [0.2, 0.25) is 5.91 Å². The van der Waals surface area contributed by atoms with Crippen molar-refractivity contribution in [2.24, 2.45) is 5.73 Å². The van der Waals surface area contributed by atoms with Gasteiger partial charge in [0.25, 0.3) is 5.82 Å². The van der Waals surface area contributed by atoms with Crippen molar-refractivity contribution in [1.29, 1.82) is 0 Å². The molecule has 0 aliphatic carbocycles. The molecule has 22 heavy (non-hydrogen) atoms. The number of nitrogens with one attached hydrogen (secondary N) is 2. The number of hydrogen-bond acceptors (Lipinski definition) is 6. The zero-order valence-electron chi connectivity index (χ0n) is 10.9. The third-order valence-electron chi connectivity index (χ3n) is 2.44. The van der Waals surface area contributed by atoms with E-state index in [1.54, 1.807) is 0 Å². The zero-order chi connectivity index (χ0) is 16.3. The molecular formula is C10H10F3N7O2. The molecule has 118 valence electrons. The van der Waals surface area contributed by atoms with E-state index >= 15 is 0 Å². The van der Waals surface area contributed by atoms with Gasteiger partial charge in [0.1, 0.15) is 5.82 Å². The first-order valence-electron chi connectivity index (χ1n) is 5.90. The van der Waals surface area contributed by atoms with Crippen molar-refractivity contribution in [3.05, 3.63) is 18.0 Å². The van der Waals surface area contributed by atoms with Crippen LogP contribution in [-0.4, -0.2) is 38.3 Å². The molecule has 2 heterocycles. The number of alkyl halides is 3. The number of rotatable bonds is 4. The number of primary amides is 1. The van der Waals surface area contributed by atoms with Gasteiger partial charge in [-0.2, -0.15) is 17.7 Å². The molecule has 3 amide bonds. The van der Waals surface area contributed by atoms with Gasteiger partial charge in [0.05, 0.1) is 0 Å². The van der Waals surface area contributed by atoms with Crippen molar-refractivity contribution in [1.82, 2.24) is 25.1 Å². The smallest absolute Gasteiger partial charge is 0.368 e. The second-order valence-corrected chi connectivity index (χ2v) is 4.10. The van der Waals surface area contributed by atoms with E-state index in [4.69, 9.17) is 5.73 Å². The number of urea groups is 1. The summed E-state index contributed by atoms with van der Waals surface area (Å²) in [6.45, 7) is 0.0428. The second kappa shape index (κ2) is 5.83. The fourth-order valence-electron chi connectivity index (χ4n) is 1.56. The number of aromatic nitrogens is 4. The van der Waals surface area contributed by atoms with Gasteiger partial charge in [-0.3, -0.25) is 10.1 Å². The van der Waals surface area contributed by atoms with Crippen LogP contribution in [-0.2, 0) is 11.0 Å². The number of nitrogens with zero attached hydrogens (tertiary/aromatic N) is 4. The van der Waals surface area contributed by atoms with Crippen molar-refractivity contribution >= 4 is 23.4 Å². The lowest BCUT2D eigenvalue weighted by Gasteiger charge is -2.07. The minimum atomic E-state index is -4.69. The highest BCUT2D eigenvalue weighted by atomic mass is 19.4. The first-order chi connectivity index (χ1) is 10.3. The van der Waals surface area contributed by atoms with E-state index in [-0.39, 0.29) is 24.4 Å². The Morgan fingerprint density at radius 2 is 2.00 bits per heavy atom. The van der Waals surface area contributed by atoms with E-state index in [2.05, 4.69) is 20.6 Å². The summed E-state index contributed by atoms with van der Waals surface area (Å²) < 4.78 is 38.6. The fourth-order valence-corrected chi connectivity index (χ4v) is 1.56. The molecule has 0 atom stereocenters. The van der Waals surface area contributed by atoms with E-state index in [1.165, 1.54) is 12.1 Å². The van der Waals surface area contributed by atoms with Crippen LogP contribution in [0.15, 0.2) is 12.1 Å². The average Bonchev–Trinajstić information content (AvgIpc) is 2.80. The first kappa shape index (κ1) is 15.5. The van der Waals surface area contributed by atoms with Crippen molar-refractivity contribution in [3.8, 4) is 0 Å². The highest BCUT2D eigenvalue weighted by Crippen LogP contribution is 2.27. The third-order valence-corrected chi connectivity index (χ3v) is 2.44. The van der Waals surface area contributed by atoms with E-state index < -0.39 is 23.9 Å². The summed E-state index contributed by atoms with van der Waals surface area (Å²) in [6, 6.07) is 1.70. The molecular weight excluding hydrogens is 307 g/mol. The number of halogens is 3. The second-order valence-electron chi connectivity index (χ2n) is 4.10. The summed E-state index contributed by atoms with van der Waals surface area (Å²) in [5.41, 5.74) is 4.69. The topological polar surface area (TPSA) is 127 Å². The Bertz CT molecular complexity index is 712. The molecule has 0 saturated heterocycles. The highest BCUT2D eigenvalue weighted by molar-refractivity contribution is 5.93. The predicted octanol–water partition coefficient (Wildman–Crippen LogP) is 0.140. The summed E-state index contributed by atoms with van der Waals surface area (Å²) in [4.78, 5) is 21.6. The molecule has 2 aromatic rings. The van der Waals surface area contributed by atoms with Crippen LogP contribution in [0, 0.1) is 0 Å². The Labute approximate surface area is 120 Å². The van der Waals surface area contributed by atoms with Crippen LogP contribution in [0.5, 0.6) is 0 Å². The van der Waals surface area contributed by atoms with E-state index in [9.17, 15) is 22.8 Å². The van der Waals surface area contributed by atoms with Gasteiger partial charge in [-0.05, 0) is 12.1 Å². The van der Waals surface area contributed by atoms with Crippen LogP contribution in [0.3, 0.4) is 0 Å². The highest BCUT2D eigenvalue weighted by Gasteiger charge is 2.37. The lowest BCUT2D eigenvalue weighted by Crippen LogP contribution is -2.35.